The van der Waals surface area contributed by atoms with Crippen LogP contribution in [-0.2, 0) is 19.4 Å². The highest BCUT2D eigenvalue weighted by Crippen LogP contribution is 2.39. The highest BCUT2D eigenvalue weighted by atomic mass is 32.2. The summed E-state index contributed by atoms with van der Waals surface area (Å²) < 4.78 is 30.4. The van der Waals surface area contributed by atoms with Crippen molar-refractivity contribution >= 4 is 15.8 Å². The molecule has 2 aliphatic rings. The van der Waals surface area contributed by atoms with Gasteiger partial charge in [0.05, 0.1) is 22.7 Å². The lowest BCUT2D eigenvalue weighted by atomic mass is 9.94. The first kappa shape index (κ1) is 15.5. The Morgan fingerprint density at radius 3 is 2.68 bits per heavy atom. The Kier molecular flexibility index (Phi) is 4.23. The molecule has 0 unspecified atom stereocenters. The van der Waals surface area contributed by atoms with E-state index in [-0.39, 0.29) is 23.2 Å². The molecule has 0 bridgehead atoms. The maximum Gasteiger partial charge on any atom is 0.310 e. The summed E-state index contributed by atoms with van der Waals surface area (Å²) in [5.41, 5.74) is 0.699. The lowest BCUT2D eigenvalue weighted by molar-refractivity contribution is -0.148. The molecule has 1 N–H and O–H groups in total. The van der Waals surface area contributed by atoms with Crippen molar-refractivity contribution < 1.29 is 17.9 Å². The predicted octanol–water partition coefficient (Wildman–Crippen LogP) is 1.84. The van der Waals surface area contributed by atoms with Crippen molar-refractivity contribution in [3.63, 3.8) is 0 Å². The van der Waals surface area contributed by atoms with Gasteiger partial charge in [-0.1, -0.05) is 18.2 Å². The predicted molar refractivity (Wildman–Crippen MR) is 82.1 cm³/mol. The van der Waals surface area contributed by atoms with E-state index in [1.165, 1.54) is 0 Å². The second-order valence-corrected chi connectivity index (χ2v) is 8.06. The molecule has 1 saturated heterocycles. The highest BCUT2D eigenvalue weighted by molar-refractivity contribution is 7.92. The zero-order valence-corrected chi connectivity index (χ0v) is 13.4. The Labute approximate surface area is 131 Å². The summed E-state index contributed by atoms with van der Waals surface area (Å²) >= 11 is 0. The summed E-state index contributed by atoms with van der Waals surface area (Å²) in [6.07, 6.45) is 2.13. The largest absolute Gasteiger partial charge is 0.466 e. The Hall–Kier alpha value is -1.40. The number of hydrogen-bond donors (Lipinski definition) is 1. The minimum Gasteiger partial charge on any atom is -0.466 e. The summed E-state index contributed by atoms with van der Waals surface area (Å²) in [5, 5.41) is 3.02. The van der Waals surface area contributed by atoms with E-state index in [9.17, 15) is 13.2 Å². The van der Waals surface area contributed by atoms with Gasteiger partial charge in [0, 0.05) is 6.04 Å². The molecule has 6 heteroatoms. The molecule has 0 radical (unpaired) electrons. The number of nitrogens with one attached hydrogen (secondary N) is 1. The van der Waals surface area contributed by atoms with E-state index in [4.69, 9.17) is 4.74 Å². The van der Waals surface area contributed by atoms with Crippen molar-refractivity contribution in [3.05, 3.63) is 29.8 Å². The van der Waals surface area contributed by atoms with Crippen LogP contribution in [0.5, 0.6) is 0 Å². The zero-order chi connectivity index (χ0) is 15.7. The third kappa shape index (κ3) is 2.77. The number of hydrogen-bond acceptors (Lipinski definition) is 5. The van der Waals surface area contributed by atoms with E-state index in [0.717, 1.165) is 12.8 Å². The number of benzene rings is 1. The van der Waals surface area contributed by atoms with Crippen LogP contribution in [-0.4, -0.2) is 32.8 Å². The van der Waals surface area contributed by atoms with Gasteiger partial charge in [0.2, 0.25) is 0 Å². The van der Waals surface area contributed by atoms with E-state index in [0.29, 0.717) is 30.0 Å². The molecule has 1 aliphatic heterocycles. The molecule has 5 nitrogen and oxygen atoms in total. The van der Waals surface area contributed by atoms with Gasteiger partial charge < -0.3 is 10.1 Å². The maximum absolute atomic E-state index is 12.6. The first-order valence-corrected chi connectivity index (χ1v) is 9.33. The van der Waals surface area contributed by atoms with E-state index < -0.39 is 9.84 Å². The second kappa shape index (κ2) is 6.01. The average Bonchev–Trinajstić information content (AvgIpc) is 3.26. The molecular formula is C16H21NO4S. The molecule has 1 aliphatic carbocycles. The fourth-order valence-electron chi connectivity index (χ4n) is 3.09. The van der Waals surface area contributed by atoms with Gasteiger partial charge in [-0.25, -0.2) is 8.42 Å². The van der Waals surface area contributed by atoms with Gasteiger partial charge in [-0.15, -0.1) is 0 Å². The fraction of sp³-hybridized carbons (Fsp3) is 0.562. The summed E-state index contributed by atoms with van der Waals surface area (Å²) in [7, 11) is -3.29. The molecule has 2 fully saturated rings. The van der Waals surface area contributed by atoms with Gasteiger partial charge in [-0.05, 0) is 44.4 Å². The minimum atomic E-state index is -3.29. The van der Waals surface area contributed by atoms with Gasteiger partial charge >= 0.3 is 5.97 Å². The lowest BCUT2D eigenvalue weighted by Crippen LogP contribution is -2.27. The number of carbonyl (C=O) groups is 1. The van der Waals surface area contributed by atoms with E-state index in [1.807, 2.05) is 12.1 Å². The summed E-state index contributed by atoms with van der Waals surface area (Å²) in [6.45, 7) is 2.80. The molecule has 22 heavy (non-hydrogen) atoms. The van der Waals surface area contributed by atoms with Crippen LogP contribution in [0.4, 0.5) is 0 Å². The number of rotatable bonds is 5. The molecule has 1 heterocycles. The van der Waals surface area contributed by atoms with Gasteiger partial charge in [0.1, 0.15) is 0 Å². The number of esters is 1. The summed E-state index contributed by atoms with van der Waals surface area (Å²) in [4.78, 5) is 12.5. The first-order valence-electron chi connectivity index (χ1n) is 7.78. The zero-order valence-electron chi connectivity index (χ0n) is 12.6. The quantitative estimate of drug-likeness (QED) is 0.837. The van der Waals surface area contributed by atoms with Crippen molar-refractivity contribution in [1.82, 2.24) is 5.32 Å². The van der Waals surface area contributed by atoms with Crippen LogP contribution < -0.4 is 5.32 Å². The van der Waals surface area contributed by atoms with Crippen LogP contribution in [0.2, 0.25) is 0 Å². The normalized spacial score (nSPS) is 25.1. The molecule has 1 saturated carbocycles. The molecule has 120 valence electrons. The van der Waals surface area contributed by atoms with Gasteiger partial charge in [0.15, 0.2) is 9.84 Å². The van der Waals surface area contributed by atoms with Crippen LogP contribution in [0.15, 0.2) is 29.2 Å². The van der Waals surface area contributed by atoms with Crippen LogP contribution in [0.25, 0.3) is 0 Å². The molecule has 0 amide bonds. The average molecular weight is 323 g/mol. The van der Waals surface area contributed by atoms with Crippen molar-refractivity contribution in [1.29, 1.82) is 0 Å². The Morgan fingerprint density at radius 1 is 1.27 bits per heavy atom. The van der Waals surface area contributed by atoms with E-state index in [1.54, 1.807) is 19.1 Å². The van der Waals surface area contributed by atoms with Crippen LogP contribution in [0, 0.1) is 5.92 Å². The van der Waals surface area contributed by atoms with Crippen LogP contribution >= 0.6 is 0 Å². The first-order chi connectivity index (χ1) is 10.6. The van der Waals surface area contributed by atoms with Crippen LogP contribution in [0.1, 0.15) is 37.8 Å². The highest BCUT2D eigenvalue weighted by Gasteiger charge is 2.42. The Balaban J connectivity index is 1.96. The van der Waals surface area contributed by atoms with E-state index in [2.05, 4.69) is 5.32 Å². The molecule has 3 rings (SSSR count). The monoisotopic (exact) mass is 323 g/mol. The number of ether oxygens (including phenoxy) is 1. The number of carbonyl (C=O) groups excluding carboxylic acids is 1. The number of sulfone groups is 1. The molecule has 1 aromatic rings. The Morgan fingerprint density at radius 2 is 2.00 bits per heavy atom. The third-order valence-corrected chi connectivity index (χ3v) is 6.67. The minimum absolute atomic E-state index is 0.254. The molecule has 0 aromatic heterocycles. The molecular weight excluding hydrogens is 302 g/mol. The summed E-state index contributed by atoms with van der Waals surface area (Å²) in [6, 6.07) is 6.75. The molecule has 0 spiro atoms. The van der Waals surface area contributed by atoms with E-state index >= 15 is 0 Å². The van der Waals surface area contributed by atoms with Crippen molar-refractivity contribution in [2.24, 2.45) is 5.92 Å². The second-order valence-electron chi connectivity index (χ2n) is 5.86. The smallest absolute Gasteiger partial charge is 0.310 e. The van der Waals surface area contributed by atoms with Gasteiger partial charge in [-0.2, -0.15) is 0 Å². The van der Waals surface area contributed by atoms with Crippen molar-refractivity contribution in [2.75, 3.05) is 13.2 Å². The lowest BCUT2D eigenvalue weighted by Gasteiger charge is -2.21. The third-order valence-electron chi connectivity index (χ3n) is 4.34. The SMILES string of the molecule is CCOC(=O)[C@H]1CCN[C@@H]1c1ccccc1S(=O)(=O)C1CC1. The fourth-order valence-corrected chi connectivity index (χ4v) is 5.00. The maximum atomic E-state index is 12.6. The van der Waals surface area contributed by atoms with Gasteiger partial charge in [-0.3, -0.25) is 4.79 Å². The Bertz CT molecular complexity index is 666. The topological polar surface area (TPSA) is 72.5 Å². The standard InChI is InChI=1S/C16H21NO4S/c1-2-21-16(18)13-9-10-17-15(13)12-5-3-4-6-14(12)22(19,20)11-7-8-11/h3-6,11,13,15,17H,2,7-10H2,1H3/t13-,15+/m0/s1. The van der Waals surface area contributed by atoms with Crippen molar-refractivity contribution in [3.8, 4) is 0 Å². The molecule has 1 aromatic carbocycles. The summed E-state index contributed by atoms with van der Waals surface area (Å²) in [5.74, 6) is -0.577. The van der Waals surface area contributed by atoms with Gasteiger partial charge in [0.25, 0.3) is 0 Å². The van der Waals surface area contributed by atoms with Crippen molar-refractivity contribution in [2.45, 2.75) is 42.4 Å². The molecule has 2 atom stereocenters. The van der Waals surface area contributed by atoms with Crippen LogP contribution in [0.3, 0.4) is 0 Å².